The predicted octanol–water partition coefficient (Wildman–Crippen LogP) is 2.10. The molecule has 0 spiro atoms. The Balaban J connectivity index is 2.20. The van der Waals surface area contributed by atoms with E-state index in [-0.39, 0.29) is 36.6 Å². The largest absolute Gasteiger partial charge is 0.463 e. The van der Waals surface area contributed by atoms with E-state index in [4.69, 9.17) is 9.47 Å². The molecule has 9 heteroatoms. The maximum atomic E-state index is 12.4. The van der Waals surface area contributed by atoms with Gasteiger partial charge >= 0.3 is 18.0 Å². The lowest BCUT2D eigenvalue weighted by molar-refractivity contribution is -0.140. The molecule has 1 aromatic rings. The number of aromatic nitrogens is 1. The quantitative estimate of drug-likeness (QED) is 0.382. The first-order chi connectivity index (χ1) is 14.3. The van der Waals surface area contributed by atoms with Crippen molar-refractivity contribution in [1.29, 1.82) is 5.26 Å². The summed E-state index contributed by atoms with van der Waals surface area (Å²) < 4.78 is 12.3. The first kappa shape index (κ1) is 22.7. The van der Waals surface area contributed by atoms with Gasteiger partial charge in [-0.2, -0.15) is 5.26 Å². The van der Waals surface area contributed by atoms with Gasteiger partial charge in [0.25, 0.3) is 0 Å². The summed E-state index contributed by atoms with van der Waals surface area (Å²) in [5.74, 6) is -1.46. The Bertz CT molecular complexity index is 949. The van der Waals surface area contributed by atoms with Gasteiger partial charge in [-0.1, -0.05) is 6.92 Å². The predicted molar refractivity (Wildman–Crippen MR) is 109 cm³/mol. The Morgan fingerprint density at radius 3 is 2.67 bits per heavy atom. The zero-order valence-corrected chi connectivity index (χ0v) is 17.6. The van der Waals surface area contributed by atoms with E-state index in [0.717, 1.165) is 29.9 Å². The number of hydrogen-bond acceptors (Lipinski definition) is 6. The molecule has 9 nitrogen and oxygen atoms in total. The molecule has 0 radical (unpaired) electrons. The van der Waals surface area contributed by atoms with Gasteiger partial charge in [-0.25, -0.2) is 14.4 Å². The van der Waals surface area contributed by atoms with E-state index in [1.54, 1.807) is 6.92 Å². The minimum atomic E-state index is -0.846. The fraction of sp³-hybridized carbons (Fsp3) is 0.429. The monoisotopic (exact) mass is 414 g/mol. The highest BCUT2D eigenvalue weighted by Gasteiger charge is 2.25. The lowest BCUT2D eigenvalue weighted by Gasteiger charge is -2.21. The molecule has 2 N–H and O–H groups in total. The molecule has 160 valence electrons. The fourth-order valence-corrected chi connectivity index (χ4v) is 3.12. The Morgan fingerprint density at radius 1 is 1.30 bits per heavy atom. The van der Waals surface area contributed by atoms with Crippen LogP contribution in [0.5, 0.6) is 0 Å². The summed E-state index contributed by atoms with van der Waals surface area (Å²) in [6, 6.07) is 3.25. The smallest absolute Gasteiger partial charge is 0.349 e. The molecule has 1 aromatic heterocycles. The molecule has 0 aliphatic carbocycles. The van der Waals surface area contributed by atoms with Crippen molar-refractivity contribution in [2.75, 3.05) is 19.8 Å². The first-order valence-electron chi connectivity index (χ1n) is 9.71. The van der Waals surface area contributed by atoms with Crippen LogP contribution in [0.4, 0.5) is 4.79 Å². The molecule has 0 saturated heterocycles. The number of rotatable bonds is 8. The van der Waals surface area contributed by atoms with E-state index in [1.807, 2.05) is 26.0 Å². The van der Waals surface area contributed by atoms with Crippen molar-refractivity contribution < 1.29 is 23.9 Å². The van der Waals surface area contributed by atoms with Crippen molar-refractivity contribution in [3.05, 3.63) is 39.9 Å². The number of nitrogens with zero attached hydrogens (tertiary/aromatic N) is 2. The second kappa shape index (κ2) is 10.3. The molecule has 0 bridgehead atoms. The van der Waals surface area contributed by atoms with Crippen LogP contribution >= 0.6 is 0 Å². The highest BCUT2D eigenvalue weighted by Crippen LogP contribution is 2.19. The van der Waals surface area contributed by atoms with E-state index in [9.17, 15) is 19.6 Å². The average Bonchev–Trinajstić information content (AvgIpc) is 2.98. The molecule has 2 heterocycles. The molecule has 0 fully saturated rings. The Labute approximate surface area is 175 Å². The van der Waals surface area contributed by atoms with Crippen molar-refractivity contribution in [3.63, 3.8) is 0 Å². The van der Waals surface area contributed by atoms with Crippen LogP contribution in [-0.2, 0) is 25.6 Å². The molecular formula is C21H26N4O5. The van der Waals surface area contributed by atoms with Gasteiger partial charge in [0.05, 0.1) is 24.4 Å². The highest BCUT2D eigenvalue weighted by molar-refractivity contribution is 5.98. The van der Waals surface area contributed by atoms with Crippen LogP contribution in [0, 0.1) is 25.2 Å². The number of urea groups is 1. The molecule has 0 aromatic carbocycles. The zero-order valence-electron chi connectivity index (χ0n) is 17.6. The summed E-state index contributed by atoms with van der Waals surface area (Å²) in [6.45, 7) is 8.23. The van der Waals surface area contributed by atoms with E-state index >= 15 is 0 Å². The molecule has 2 rings (SSSR count). The number of esters is 2. The minimum Gasteiger partial charge on any atom is -0.463 e. The van der Waals surface area contributed by atoms with Crippen LogP contribution in [-0.4, -0.2) is 42.3 Å². The number of ether oxygens (including phenoxy) is 2. The number of carbonyl (C=O) groups is 3. The molecule has 1 aliphatic rings. The van der Waals surface area contributed by atoms with Crippen LogP contribution in [0.1, 0.15) is 37.2 Å². The number of aryl methyl sites for hydroxylation is 1. The summed E-state index contributed by atoms with van der Waals surface area (Å²) in [5.41, 5.74) is 2.86. The maximum Gasteiger partial charge on any atom is 0.349 e. The van der Waals surface area contributed by atoms with Crippen LogP contribution in [0.2, 0.25) is 0 Å². The van der Waals surface area contributed by atoms with E-state index in [1.165, 1.54) is 6.08 Å². The van der Waals surface area contributed by atoms with Gasteiger partial charge in [-0.3, -0.25) is 0 Å². The lowest BCUT2D eigenvalue weighted by Crippen LogP contribution is -2.45. The van der Waals surface area contributed by atoms with Gasteiger partial charge in [-0.05, 0) is 44.9 Å². The van der Waals surface area contributed by atoms with Crippen molar-refractivity contribution in [2.45, 2.75) is 40.7 Å². The van der Waals surface area contributed by atoms with Gasteiger partial charge in [0.2, 0.25) is 0 Å². The average molecular weight is 414 g/mol. The van der Waals surface area contributed by atoms with Crippen LogP contribution in [0.3, 0.4) is 0 Å². The Morgan fingerprint density at radius 2 is 2.03 bits per heavy atom. The first-order valence-corrected chi connectivity index (χ1v) is 9.71. The van der Waals surface area contributed by atoms with Gasteiger partial charge in [0.15, 0.2) is 0 Å². The third-order valence-corrected chi connectivity index (χ3v) is 4.62. The second-order valence-electron chi connectivity index (χ2n) is 6.71. The SMILES string of the molecule is CCCn1c(C)cc(/C=C(\C#N)C(=O)OCC2=C(C(=O)OCC)CNC(=O)N2)c1C. The summed E-state index contributed by atoms with van der Waals surface area (Å²) in [7, 11) is 0. The molecule has 30 heavy (non-hydrogen) atoms. The minimum absolute atomic E-state index is 0.0398. The Kier molecular flexibility index (Phi) is 7.81. The third-order valence-electron chi connectivity index (χ3n) is 4.62. The topological polar surface area (TPSA) is 122 Å². The maximum absolute atomic E-state index is 12.4. The van der Waals surface area contributed by atoms with Crippen LogP contribution in [0.25, 0.3) is 6.08 Å². The third kappa shape index (κ3) is 5.29. The lowest BCUT2D eigenvalue weighted by atomic mass is 10.1. The normalized spacial score (nSPS) is 14.0. The van der Waals surface area contributed by atoms with Crippen LogP contribution < -0.4 is 10.6 Å². The standard InChI is InChI=1S/C21H26N4O5/c1-5-7-25-13(3)8-15(14(25)4)9-16(10-22)19(26)30-12-18-17(20(27)29-6-2)11-23-21(28)24-18/h8-9H,5-7,11-12H2,1-4H3,(H2,23,24,28)/b16-9+. The summed E-state index contributed by atoms with van der Waals surface area (Å²) >= 11 is 0. The van der Waals surface area contributed by atoms with Gasteiger partial charge in [0.1, 0.15) is 18.2 Å². The van der Waals surface area contributed by atoms with Gasteiger partial charge in [-0.15, -0.1) is 0 Å². The van der Waals surface area contributed by atoms with Crippen molar-refractivity contribution in [2.24, 2.45) is 0 Å². The molecule has 0 atom stereocenters. The van der Waals surface area contributed by atoms with E-state index in [2.05, 4.69) is 22.1 Å². The van der Waals surface area contributed by atoms with Crippen molar-refractivity contribution >= 4 is 24.0 Å². The van der Waals surface area contributed by atoms with E-state index in [0.29, 0.717) is 0 Å². The summed E-state index contributed by atoms with van der Waals surface area (Å²) in [6.07, 6.45) is 2.45. The number of hydrogen-bond donors (Lipinski definition) is 2. The summed E-state index contributed by atoms with van der Waals surface area (Å²) in [4.78, 5) is 36.1. The second-order valence-corrected chi connectivity index (χ2v) is 6.71. The number of amides is 2. The zero-order chi connectivity index (χ0) is 22.3. The summed E-state index contributed by atoms with van der Waals surface area (Å²) in [5, 5.41) is 14.3. The molecular weight excluding hydrogens is 388 g/mol. The molecule has 0 unspecified atom stereocenters. The number of nitriles is 1. The van der Waals surface area contributed by atoms with Gasteiger partial charge < -0.3 is 24.7 Å². The highest BCUT2D eigenvalue weighted by atomic mass is 16.5. The van der Waals surface area contributed by atoms with Gasteiger partial charge in [0, 0.05) is 17.9 Å². The fourth-order valence-electron chi connectivity index (χ4n) is 3.12. The molecule has 0 saturated carbocycles. The molecule has 1 aliphatic heterocycles. The van der Waals surface area contributed by atoms with Crippen LogP contribution in [0.15, 0.2) is 22.9 Å². The Hall–Kier alpha value is -3.54. The van der Waals surface area contributed by atoms with Crippen molar-refractivity contribution in [1.82, 2.24) is 15.2 Å². The molecule has 2 amide bonds. The number of carbonyl (C=O) groups excluding carboxylic acids is 3. The van der Waals surface area contributed by atoms with E-state index < -0.39 is 18.0 Å². The van der Waals surface area contributed by atoms with Crippen molar-refractivity contribution in [3.8, 4) is 6.07 Å². The number of nitrogens with one attached hydrogen (secondary N) is 2.